The smallest absolute Gasteiger partial charge is 0.332 e. The molecule has 2 atom stereocenters. The van der Waals surface area contributed by atoms with Crippen molar-refractivity contribution in [1.29, 1.82) is 0 Å². The third kappa shape index (κ3) is 5.98. The van der Waals surface area contributed by atoms with Gasteiger partial charge in [-0.05, 0) is 26.2 Å². The predicted molar refractivity (Wildman–Crippen MR) is 67.5 cm³/mol. The number of nitrogens with zero attached hydrogens (tertiary/aromatic N) is 3. The molecule has 0 amide bonds. The molecule has 8 heteroatoms. The second kappa shape index (κ2) is 9.53. The van der Waals surface area contributed by atoms with Crippen LogP contribution in [0.2, 0.25) is 0 Å². The van der Waals surface area contributed by atoms with E-state index in [4.69, 9.17) is 0 Å². The molecule has 8 nitrogen and oxygen atoms in total. The van der Waals surface area contributed by atoms with Gasteiger partial charge < -0.3 is 5.11 Å². The van der Waals surface area contributed by atoms with Crippen LogP contribution < -0.4 is 0 Å². The monoisotopic (exact) mass is 281 g/mol. The molecular formula is C12H15N3O5. The Morgan fingerprint density at radius 3 is 2.40 bits per heavy atom. The molecule has 0 spiro atoms. The van der Waals surface area contributed by atoms with Crippen molar-refractivity contribution in [2.75, 3.05) is 6.54 Å². The van der Waals surface area contributed by atoms with Gasteiger partial charge in [-0.2, -0.15) is 4.99 Å². The highest BCUT2D eigenvalue weighted by Crippen LogP contribution is 2.26. The molecule has 20 heavy (non-hydrogen) atoms. The zero-order valence-electron chi connectivity index (χ0n) is 11.0. The Morgan fingerprint density at radius 1 is 1.20 bits per heavy atom. The van der Waals surface area contributed by atoms with E-state index in [0.29, 0.717) is 12.8 Å². The number of carboxylic acid groups (broad SMARTS) is 1. The molecular weight excluding hydrogens is 266 g/mol. The zero-order valence-corrected chi connectivity index (χ0v) is 11.0. The van der Waals surface area contributed by atoms with Crippen molar-refractivity contribution in [3.63, 3.8) is 0 Å². The number of hydrogen-bond donors (Lipinski definition) is 1. The highest BCUT2D eigenvalue weighted by Gasteiger charge is 2.39. The summed E-state index contributed by atoms with van der Waals surface area (Å²) < 4.78 is 0. The summed E-state index contributed by atoms with van der Waals surface area (Å²) in [7, 11) is 0. The number of unbranched alkanes of at least 4 members (excludes halogenated alkanes) is 1. The van der Waals surface area contributed by atoms with E-state index in [0.717, 1.165) is 0 Å². The first-order chi connectivity index (χ1) is 9.52. The quantitative estimate of drug-likeness (QED) is 0.359. The van der Waals surface area contributed by atoms with E-state index >= 15 is 0 Å². The highest BCUT2D eigenvalue weighted by molar-refractivity contribution is 5.80. The van der Waals surface area contributed by atoms with Crippen molar-refractivity contribution in [2.24, 2.45) is 15.0 Å². The van der Waals surface area contributed by atoms with E-state index in [1.165, 1.54) is 25.2 Å². The fourth-order valence-corrected chi connectivity index (χ4v) is 1.81. The molecule has 0 aromatic carbocycles. The fourth-order valence-electron chi connectivity index (χ4n) is 1.81. The van der Waals surface area contributed by atoms with E-state index < -0.39 is 17.6 Å². The van der Waals surface area contributed by atoms with E-state index in [1.807, 2.05) is 0 Å². The minimum absolute atomic E-state index is 0.0602. The van der Waals surface area contributed by atoms with Crippen LogP contribution in [0.25, 0.3) is 0 Å². The average molecular weight is 281 g/mol. The molecule has 108 valence electrons. The van der Waals surface area contributed by atoms with Gasteiger partial charge in [0.2, 0.25) is 18.2 Å². The van der Waals surface area contributed by atoms with E-state index in [9.17, 15) is 24.3 Å². The van der Waals surface area contributed by atoms with Crippen LogP contribution in [0.5, 0.6) is 0 Å². The van der Waals surface area contributed by atoms with E-state index in [-0.39, 0.29) is 19.4 Å². The summed E-state index contributed by atoms with van der Waals surface area (Å²) >= 11 is 0. The molecule has 0 fully saturated rings. The number of aliphatic imine (C=N–C) groups is 3. The summed E-state index contributed by atoms with van der Waals surface area (Å²) in [6.07, 6.45) is 4.78. The Kier molecular flexibility index (Phi) is 8.39. The lowest BCUT2D eigenvalue weighted by atomic mass is 9.87. The van der Waals surface area contributed by atoms with Crippen LogP contribution in [0, 0.1) is 0 Å². The summed E-state index contributed by atoms with van der Waals surface area (Å²) in [5, 5.41) is 9.28. The Morgan fingerprint density at radius 2 is 1.90 bits per heavy atom. The van der Waals surface area contributed by atoms with Crippen LogP contribution >= 0.6 is 0 Å². The molecule has 0 saturated heterocycles. The Labute approximate surface area is 115 Å². The number of carbonyl (C=O) groups is 1. The maximum atomic E-state index is 11.4. The van der Waals surface area contributed by atoms with Gasteiger partial charge in [0.25, 0.3) is 0 Å². The molecule has 0 aliphatic heterocycles. The lowest BCUT2D eigenvalue weighted by molar-refractivity contribution is -0.144. The van der Waals surface area contributed by atoms with Crippen molar-refractivity contribution < 1.29 is 24.3 Å². The van der Waals surface area contributed by atoms with Gasteiger partial charge in [0.1, 0.15) is 0 Å². The van der Waals surface area contributed by atoms with Gasteiger partial charge in [0.15, 0.2) is 5.54 Å². The molecule has 0 rings (SSSR count). The molecule has 0 saturated carbocycles. The number of rotatable bonds is 10. The van der Waals surface area contributed by atoms with Crippen molar-refractivity contribution in [3.8, 4) is 0 Å². The Balaban J connectivity index is 4.92. The second-order valence-corrected chi connectivity index (χ2v) is 4.24. The third-order valence-corrected chi connectivity index (χ3v) is 2.74. The number of hydrogen-bond acceptors (Lipinski definition) is 7. The molecule has 0 aromatic heterocycles. The molecule has 0 bridgehead atoms. The number of carbonyl (C=O) groups excluding carboxylic acids is 3. The van der Waals surface area contributed by atoms with Crippen molar-refractivity contribution >= 4 is 24.2 Å². The van der Waals surface area contributed by atoms with Gasteiger partial charge in [0, 0.05) is 6.42 Å². The van der Waals surface area contributed by atoms with Crippen LogP contribution in [0.3, 0.4) is 0 Å². The average Bonchev–Trinajstić information content (AvgIpc) is 2.38. The molecule has 0 radical (unpaired) electrons. The molecule has 0 heterocycles. The van der Waals surface area contributed by atoms with E-state index in [1.54, 1.807) is 0 Å². The molecule has 0 aliphatic rings. The predicted octanol–water partition coefficient (Wildman–Crippen LogP) is 0.766. The van der Waals surface area contributed by atoms with Gasteiger partial charge in [-0.25, -0.2) is 29.2 Å². The van der Waals surface area contributed by atoms with Crippen molar-refractivity contribution in [2.45, 2.75) is 44.2 Å². The molecule has 1 N–H and O–H groups in total. The fraction of sp³-hybridized carbons (Fsp3) is 0.667. The van der Waals surface area contributed by atoms with Crippen molar-refractivity contribution in [1.82, 2.24) is 0 Å². The van der Waals surface area contributed by atoms with Crippen LogP contribution in [-0.4, -0.2) is 47.4 Å². The maximum absolute atomic E-state index is 11.4. The van der Waals surface area contributed by atoms with Gasteiger partial charge in [-0.3, -0.25) is 0 Å². The summed E-state index contributed by atoms with van der Waals surface area (Å²) in [6, 6.07) is -0.631. The summed E-state index contributed by atoms with van der Waals surface area (Å²) in [5.41, 5.74) is -1.67. The van der Waals surface area contributed by atoms with Crippen LogP contribution in [0.4, 0.5) is 0 Å². The first kappa shape index (κ1) is 17.6. The van der Waals surface area contributed by atoms with Crippen LogP contribution in [-0.2, 0) is 19.2 Å². The summed E-state index contributed by atoms with van der Waals surface area (Å²) in [5.74, 6) is -1.28. The van der Waals surface area contributed by atoms with Gasteiger partial charge in [-0.15, -0.1) is 0 Å². The topological polar surface area (TPSA) is 126 Å². The first-order valence-corrected chi connectivity index (χ1v) is 5.95. The minimum atomic E-state index is -1.67. The molecule has 2 unspecified atom stereocenters. The standard InChI is InChI=1S/C12H15N3O5/c1-10(14-8-17)6-12(11(19)20,15-9-18)4-2-3-5-13-7-16/h10H,2-6H2,1H3,(H,19,20). The van der Waals surface area contributed by atoms with Crippen LogP contribution in [0.15, 0.2) is 15.0 Å². The Bertz CT molecular complexity index is 469. The summed E-state index contributed by atoms with van der Waals surface area (Å²) in [6.45, 7) is 1.76. The highest BCUT2D eigenvalue weighted by atomic mass is 16.4. The minimum Gasteiger partial charge on any atom is -0.479 e. The Hall–Kier alpha value is -2.39. The SMILES string of the molecule is CC(CC(CCCCN=C=O)(N=C=O)C(=O)O)N=C=O. The number of aliphatic carboxylic acids is 1. The molecule has 0 aliphatic carbocycles. The van der Waals surface area contributed by atoms with Crippen molar-refractivity contribution in [3.05, 3.63) is 0 Å². The maximum Gasteiger partial charge on any atom is 0.332 e. The summed E-state index contributed by atoms with van der Waals surface area (Å²) in [4.78, 5) is 52.0. The van der Waals surface area contributed by atoms with E-state index in [2.05, 4.69) is 15.0 Å². The lowest BCUT2D eigenvalue weighted by Gasteiger charge is -2.24. The molecule has 0 aromatic rings. The second-order valence-electron chi connectivity index (χ2n) is 4.24. The largest absolute Gasteiger partial charge is 0.479 e. The zero-order chi connectivity index (χ0) is 15.4. The van der Waals surface area contributed by atoms with Gasteiger partial charge >= 0.3 is 5.97 Å². The van der Waals surface area contributed by atoms with Crippen LogP contribution in [0.1, 0.15) is 32.6 Å². The number of carboxylic acids is 1. The number of isocyanates is 3. The normalized spacial score (nSPS) is 13.8. The van der Waals surface area contributed by atoms with Gasteiger partial charge in [-0.1, -0.05) is 0 Å². The third-order valence-electron chi connectivity index (χ3n) is 2.74. The first-order valence-electron chi connectivity index (χ1n) is 5.95. The van der Waals surface area contributed by atoms with Gasteiger partial charge in [0.05, 0.1) is 12.6 Å². The lowest BCUT2D eigenvalue weighted by Crippen LogP contribution is -2.39.